The molecule has 0 fully saturated rings. The lowest BCUT2D eigenvalue weighted by molar-refractivity contribution is 0.586. The lowest BCUT2D eigenvalue weighted by Crippen LogP contribution is -1.86. The molecular formula is C17H36S. The molecule has 18 heavy (non-hydrogen) atoms. The van der Waals surface area contributed by atoms with E-state index in [2.05, 4.69) is 25.6 Å². The third-order valence-corrected chi connectivity index (χ3v) is 4.69. The first-order chi connectivity index (χ1) is 8.91. The predicted octanol–water partition coefficient (Wildman–Crippen LogP) is 6.83. The number of hydrogen-bond acceptors (Lipinski definition) is 1. The highest BCUT2D eigenvalue weighted by atomic mass is 32.2. The molecule has 0 aromatic rings. The molecule has 0 saturated carbocycles. The van der Waals surface area contributed by atoms with Crippen LogP contribution in [0, 0.1) is 0 Å². The maximum atomic E-state index is 2.29. The molecule has 0 saturated heterocycles. The fraction of sp³-hybridized carbons (Fsp3) is 1.00. The van der Waals surface area contributed by atoms with E-state index in [1.165, 1.54) is 95.0 Å². The summed E-state index contributed by atoms with van der Waals surface area (Å²) in [6, 6.07) is 0. The fourth-order valence-electron chi connectivity index (χ4n) is 2.25. The van der Waals surface area contributed by atoms with E-state index in [1.54, 1.807) is 0 Å². The SMILES string of the molecule is CCCCCCCCCCSCCCCCCC. The van der Waals surface area contributed by atoms with Crippen LogP contribution in [-0.2, 0) is 0 Å². The van der Waals surface area contributed by atoms with Crippen LogP contribution >= 0.6 is 11.8 Å². The largest absolute Gasteiger partial charge is 0.162 e. The molecule has 110 valence electrons. The Kier molecular flexibility index (Phi) is 17.7. The van der Waals surface area contributed by atoms with Crippen LogP contribution in [-0.4, -0.2) is 11.5 Å². The molecule has 1 heteroatoms. The minimum Gasteiger partial charge on any atom is -0.162 e. The number of unbranched alkanes of at least 4 members (excludes halogenated alkanes) is 11. The molecule has 0 nitrogen and oxygen atoms in total. The molecule has 0 unspecified atom stereocenters. The van der Waals surface area contributed by atoms with Gasteiger partial charge in [-0.3, -0.25) is 0 Å². The van der Waals surface area contributed by atoms with Crippen LogP contribution in [0.3, 0.4) is 0 Å². The van der Waals surface area contributed by atoms with Crippen LogP contribution in [0.15, 0.2) is 0 Å². The van der Waals surface area contributed by atoms with Gasteiger partial charge in [0.2, 0.25) is 0 Å². The van der Waals surface area contributed by atoms with Crippen molar-refractivity contribution >= 4 is 11.8 Å². The first kappa shape index (κ1) is 18.4. The van der Waals surface area contributed by atoms with Gasteiger partial charge in [0.1, 0.15) is 0 Å². The summed E-state index contributed by atoms with van der Waals surface area (Å²) >= 11 is 2.18. The van der Waals surface area contributed by atoms with E-state index >= 15 is 0 Å². The average molecular weight is 273 g/mol. The van der Waals surface area contributed by atoms with E-state index in [0.717, 1.165) is 0 Å². The van der Waals surface area contributed by atoms with Crippen LogP contribution in [0.25, 0.3) is 0 Å². The lowest BCUT2D eigenvalue weighted by Gasteiger charge is -2.03. The Morgan fingerprint density at radius 1 is 0.444 bits per heavy atom. The third-order valence-electron chi connectivity index (χ3n) is 3.53. The summed E-state index contributed by atoms with van der Waals surface area (Å²) in [5, 5.41) is 0. The summed E-state index contributed by atoms with van der Waals surface area (Å²) in [5.74, 6) is 2.81. The van der Waals surface area contributed by atoms with Gasteiger partial charge in [-0.05, 0) is 24.3 Å². The molecule has 0 rings (SSSR count). The molecule has 0 amide bonds. The van der Waals surface area contributed by atoms with Crippen LogP contribution in [0.5, 0.6) is 0 Å². The molecule has 0 bridgehead atoms. The van der Waals surface area contributed by atoms with E-state index in [1.807, 2.05) is 0 Å². The van der Waals surface area contributed by atoms with Gasteiger partial charge in [0.25, 0.3) is 0 Å². The van der Waals surface area contributed by atoms with Gasteiger partial charge in [-0.2, -0.15) is 11.8 Å². The Labute approximate surface area is 121 Å². The van der Waals surface area contributed by atoms with Gasteiger partial charge < -0.3 is 0 Å². The number of thioether (sulfide) groups is 1. The van der Waals surface area contributed by atoms with Gasteiger partial charge in [0.15, 0.2) is 0 Å². The van der Waals surface area contributed by atoms with Gasteiger partial charge in [-0.25, -0.2) is 0 Å². The monoisotopic (exact) mass is 272 g/mol. The molecule has 0 aromatic carbocycles. The van der Waals surface area contributed by atoms with Crippen molar-refractivity contribution in [3.05, 3.63) is 0 Å². The molecule has 0 heterocycles. The highest BCUT2D eigenvalue weighted by Gasteiger charge is 1.93. The standard InChI is InChI=1S/C17H36S/c1-3-5-7-9-10-11-13-15-17-18-16-14-12-8-6-4-2/h3-17H2,1-2H3. The molecule has 0 aliphatic heterocycles. The molecule has 0 radical (unpaired) electrons. The smallest absolute Gasteiger partial charge is 0.00675 e. The maximum Gasteiger partial charge on any atom is -0.00675 e. The van der Waals surface area contributed by atoms with Crippen LogP contribution < -0.4 is 0 Å². The molecule has 0 atom stereocenters. The van der Waals surface area contributed by atoms with Crippen LogP contribution in [0.2, 0.25) is 0 Å². The molecule has 0 spiro atoms. The Balaban J connectivity index is 2.86. The van der Waals surface area contributed by atoms with Crippen LogP contribution in [0.1, 0.15) is 97.3 Å². The van der Waals surface area contributed by atoms with Crippen LogP contribution in [0.4, 0.5) is 0 Å². The second-order valence-electron chi connectivity index (χ2n) is 5.50. The zero-order valence-electron chi connectivity index (χ0n) is 13.0. The summed E-state index contributed by atoms with van der Waals surface area (Å²) in [6.07, 6.45) is 18.8. The van der Waals surface area contributed by atoms with E-state index in [-0.39, 0.29) is 0 Å². The van der Waals surface area contributed by atoms with Crippen molar-refractivity contribution in [2.24, 2.45) is 0 Å². The van der Waals surface area contributed by atoms with Crippen molar-refractivity contribution in [3.8, 4) is 0 Å². The average Bonchev–Trinajstić information content (AvgIpc) is 2.39. The molecule has 0 aliphatic carbocycles. The summed E-state index contributed by atoms with van der Waals surface area (Å²) in [4.78, 5) is 0. The summed E-state index contributed by atoms with van der Waals surface area (Å²) in [6.45, 7) is 4.58. The van der Waals surface area contributed by atoms with Gasteiger partial charge in [0, 0.05) is 0 Å². The first-order valence-corrected chi connectivity index (χ1v) is 9.65. The number of hydrogen-bond donors (Lipinski definition) is 0. The van der Waals surface area contributed by atoms with Gasteiger partial charge >= 0.3 is 0 Å². The molecule has 0 aromatic heterocycles. The normalized spacial score (nSPS) is 11.0. The summed E-state index contributed by atoms with van der Waals surface area (Å²) < 4.78 is 0. The third kappa shape index (κ3) is 16.4. The van der Waals surface area contributed by atoms with Crippen molar-refractivity contribution in [2.75, 3.05) is 11.5 Å². The lowest BCUT2D eigenvalue weighted by atomic mass is 10.1. The second kappa shape index (κ2) is 17.4. The topological polar surface area (TPSA) is 0 Å². The fourth-order valence-corrected chi connectivity index (χ4v) is 3.27. The van der Waals surface area contributed by atoms with Crippen molar-refractivity contribution in [2.45, 2.75) is 97.3 Å². The van der Waals surface area contributed by atoms with Gasteiger partial charge in [0.05, 0.1) is 0 Å². The van der Waals surface area contributed by atoms with Crippen molar-refractivity contribution in [3.63, 3.8) is 0 Å². The maximum absolute atomic E-state index is 2.29. The molecule has 0 aliphatic rings. The van der Waals surface area contributed by atoms with E-state index in [9.17, 15) is 0 Å². The molecule has 0 N–H and O–H groups in total. The Bertz CT molecular complexity index is 118. The Hall–Kier alpha value is 0.350. The first-order valence-electron chi connectivity index (χ1n) is 8.49. The van der Waals surface area contributed by atoms with Crippen molar-refractivity contribution in [1.82, 2.24) is 0 Å². The van der Waals surface area contributed by atoms with E-state index < -0.39 is 0 Å². The molecular weight excluding hydrogens is 236 g/mol. The van der Waals surface area contributed by atoms with Gasteiger partial charge in [-0.1, -0.05) is 84.5 Å². The number of rotatable bonds is 15. The van der Waals surface area contributed by atoms with Crippen molar-refractivity contribution in [1.29, 1.82) is 0 Å². The van der Waals surface area contributed by atoms with Crippen molar-refractivity contribution < 1.29 is 0 Å². The van der Waals surface area contributed by atoms with E-state index in [4.69, 9.17) is 0 Å². The minimum absolute atomic E-state index is 1.37. The quantitative estimate of drug-likeness (QED) is 0.294. The highest BCUT2D eigenvalue weighted by molar-refractivity contribution is 7.99. The highest BCUT2D eigenvalue weighted by Crippen LogP contribution is 2.13. The Morgan fingerprint density at radius 2 is 0.778 bits per heavy atom. The summed E-state index contributed by atoms with van der Waals surface area (Å²) in [7, 11) is 0. The zero-order chi connectivity index (χ0) is 13.3. The zero-order valence-corrected chi connectivity index (χ0v) is 13.8. The minimum atomic E-state index is 1.37. The van der Waals surface area contributed by atoms with Gasteiger partial charge in [-0.15, -0.1) is 0 Å². The second-order valence-corrected chi connectivity index (χ2v) is 6.73. The summed E-state index contributed by atoms with van der Waals surface area (Å²) in [5.41, 5.74) is 0. The predicted molar refractivity (Wildman–Crippen MR) is 88.7 cm³/mol. The van der Waals surface area contributed by atoms with E-state index in [0.29, 0.717) is 0 Å². The Morgan fingerprint density at radius 3 is 1.17 bits per heavy atom.